The van der Waals surface area contributed by atoms with Gasteiger partial charge in [0.05, 0.1) is 31.0 Å². The molecule has 0 saturated carbocycles. The van der Waals surface area contributed by atoms with Gasteiger partial charge in [-0.05, 0) is 67.7 Å². The highest BCUT2D eigenvalue weighted by molar-refractivity contribution is 5.88. The number of esters is 3. The van der Waals surface area contributed by atoms with Gasteiger partial charge in [0.25, 0.3) is 0 Å². The van der Waals surface area contributed by atoms with Crippen LogP contribution in [0, 0.1) is 0 Å². The van der Waals surface area contributed by atoms with Crippen molar-refractivity contribution in [3.05, 3.63) is 23.3 Å². The quantitative estimate of drug-likeness (QED) is 0.0677. The molecule has 21 unspecified atom stereocenters. The van der Waals surface area contributed by atoms with Crippen molar-refractivity contribution in [3.8, 4) is 0 Å². The van der Waals surface area contributed by atoms with Gasteiger partial charge in [-0.15, -0.1) is 0 Å². The van der Waals surface area contributed by atoms with Crippen LogP contribution in [0.4, 0.5) is 0 Å². The van der Waals surface area contributed by atoms with Crippen molar-refractivity contribution in [2.45, 2.75) is 268 Å². The van der Waals surface area contributed by atoms with Gasteiger partial charge in [-0.1, -0.05) is 76.9 Å². The van der Waals surface area contributed by atoms with E-state index in [2.05, 4.69) is 6.92 Å². The van der Waals surface area contributed by atoms with Crippen molar-refractivity contribution in [2.75, 3.05) is 6.61 Å². The van der Waals surface area contributed by atoms with Crippen LogP contribution in [0.25, 0.3) is 0 Å². The second kappa shape index (κ2) is 28.3. The SMILES string of the molecule is CC=C(C)C(=O)OC1C(C)OC(OC2C(C)OC3OC4C(OC(CO)C(O)C4O)OC4C(OC(CCCCC)CCCCCCCCCC(=O)OC2C3OC(=O)C(C)=CC)OC(C)C(O)C4O)C(O)C1O. The predicted molar refractivity (Wildman–Crippen MR) is 248 cm³/mol. The van der Waals surface area contributed by atoms with Gasteiger partial charge in [0.1, 0.15) is 61.0 Å². The van der Waals surface area contributed by atoms with Crippen LogP contribution in [0.2, 0.25) is 0 Å². The Kier molecular flexibility index (Phi) is 23.6. The maximum atomic E-state index is 13.9. The summed E-state index contributed by atoms with van der Waals surface area (Å²) in [6, 6.07) is 0. The molecule has 5 aliphatic rings. The zero-order valence-electron chi connectivity index (χ0n) is 42.5. The molecule has 5 fully saturated rings. The monoisotopic (exact) mass is 1020 g/mol. The van der Waals surface area contributed by atoms with Gasteiger partial charge >= 0.3 is 17.9 Å². The van der Waals surface area contributed by atoms with E-state index in [4.69, 9.17) is 52.1 Å². The van der Waals surface area contributed by atoms with Crippen LogP contribution < -0.4 is 0 Å². The second-order valence-electron chi connectivity index (χ2n) is 19.5. The lowest BCUT2D eigenvalue weighted by atomic mass is 9.95. The molecule has 21 atom stereocenters. The largest absolute Gasteiger partial charge is 0.455 e. The fraction of sp³-hybridized carbons (Fsp3) is 0.860. The van der Waals surface area contributed by atoms with E-state index in [1.807, 2.05) is 0 Å². The fourth-order valence-electron chi connectivity index (χ4n) is 9.34. The first-order valence-electron chi connectivity index (χ1n) is 25.7. The summed E-state index contributed by atoms with van der Waals surface area (Å²) in [4.78, 5) is 40.4. The van der Waals surface area contributed by atoms with Crippen LogP contribution in [0.1, 0.15) is 139 Å². The highest BCUT2D eigenvalue weighted by Crippen LogP contribution is 2.38. The molecule has 71 heavy (non-hydrogen) atoms. The van der Waals surface area contributed by atoms with E-state index in [9.17, 15) is 50.1 Å². The molecule has 5 heterocycles. The first kappa shape index (κ1) is 59.2. The van der Waals surface area contributed by atoms with E-state index >= 15 is 0 Å². The summed E-state index contributed by atoms with van der Waals surface area (Å²) in [5.41, 5.74) is 0.378. The summed E-state index contributed by atoms with van der Waals surface area (Å²) in [6.07, 6.45) is -18.6. The Morgan fingerprint density at radius 3 is 1.76 bits per heavy atom. The normalized spacial score (nSPS) is 42.0. The van der Waals surface area contributed by atoms with E-state index in [1.165, 1.54) is 39.8 Å². The first-order valence-corrected chi connectivity index (χ1v) is 25.7. The van der Waals surface area contributed by atoms with Gasteiger partial charge in [0, 0.05) is 17.6 Å². The third-order valence-electron chi connectivity index (χ3n) is 14.1. The molecule has 0 spiro atoms. The van der Waals surface area contributed by atoms with Crippen LogP contribution in [-0.2, 0) is 66.5 Å². The third kappa shape index (κ3) is 15.4. The summed E-state index contributed by atoms with van der Waals surface area (Å²) >= 11 is 0. The van der Waals surface area contributed by atoms with Crippen molar-refractivity contribution < 1.29 is 102 Å². The predicted octanol–water partition coefficient (Wildman–Crippen LogP) is 2.42. The minimum Gasteiger partial charge on any atom is -0.455 e. The Labute approximate surface area is 417 Å². The van der Waals surface area contributed by atoms with Crippen LogP contribution in [0.15, 0.2) is 23.3 Å². The Hall–Kier alpha value is -2.71. The van der Waals surface area contributed by atoms with Gasteiger partial charge in [-0.2, -0.15) is 0 Å². The van der Waals surface area contributed by atoms with Gasteiger partial charge in [-0.25, -0.2) is 9.59 Å². The molecule has 0 aliphatic carbocycles. The highest BCUT2D eigenvalue weighted by Gasteiger charge is 2.57. The summed E-state index contributed by atoms with van der Waals surface area (Å²) in [7, 11) is 0. The molecule has 0 aromatic rings. The van der Waals surface area contributed by atoms with Crippen molar-refractivity contribution >= 4 is 17.9 Å². The van der Waals surface area contributed by atoms with E-state index in [1.54, 1.807) is 20.8 Å². The Bertz CT molecular complexity index is 1730. The number of carbonyl (C=O) groups is 3. The minimum absolute atomic E-state index is 0.0520. The maximum absolute atomic E-state index is 13.9. The number of allylic oxidation sites excluding steroid dienone is 2. The van der Waals surface area contributed by atoms with Gasteiger partial charge in [0.15, 0.2) is 43.5 Å². The van der Waals surface area contributed by atoms with Crippen molar-refractivity contribution in [1.82, 2.24) is 0 Å². The van der Waals surface area contributed by atoms with Gasteiger partial charge in [0.2, 0.25) is 0 Å². The second-order valence-corrected chi connectivity index (χ2v) is 19.5. The molecule has 408 valence electrons. The fourth-order valence-corrected chi connectivity index (χ4v) is 9.34. The Balaban J connectivity index is 1.55. The number of unbranched alkanes of at least 4 members (excludes halogenated alkanes) is 2. The lowest BCUT2D eigenvalue weighted by Crippen LogP contribution is -2.68. The zero-order valence-corrected chi connectivity index (χ0v) is 42.5. The Morgan fingerprint density at radius 2 is 1.14 bits per heavy atom. The van der Waals surface area contributed by atoms with Crippen LogP contribution in [0.5, 0.6) is 0 Å². The Morgan fingerprint density at radius 1 is 0.592 bits per heavy atom. The average molecular weight is 1020 g/mol. The minimum atomic E-state index is -1.93. The van der Waals surface area contributed by atoms with E-state index in [-0.39, 0.29) is 23.7 Å². The van der Waals surface area contributed by atoms with Crippen molar-refractivity contribution in [2.24, 2.45) is 0 Å². The van der Waals surface area contributed by atoms with Crippen molar-refractivity contribution in [1.29, 1.82) is 0 Å². The molecule has 5 rings (SSSR count). The molecule has 2 bridgehead atoms. The molecule has 5 saturated heterocycles. The number of ether oxygens (including phenoxy) is 11. The molecule has 7 N–H and O–H groups in total. The maximum Gasteiger partial charge on any atom is 0.333 e. The third-order valence-corrected chi connectivity index (χ3v) is 14.1. The summed E-state index contributed by atoms with van der Waals surface area (Å²) in [5, 5.41) is 78.8. The molecule has 5 aliphatic heterocycles. The number of fused-ring (bicyclic) bond motifs is 4. The van der Waals surface area contributed by atoms with E-state index < -0.39 is 147 Å². The molecular formula is C50H82O21. The molecular weight excluding hydrogens is 937 g/mol. The summed E-state index contributed by atoms with van der Waals surface area (Å²) < 4.78 is 68.1. The van der Waals surface area contributed by atoms with Gasteiger partial charge in [-0.3, -0.25) is 4.79 Å². The van der Waals surface area contributed by atoms with Gasteiger partial charge < -0.3 is 87.9 Å². The number of rotatable bonds is 11. The molecule has 0 amide bonds. The summed E-state index contributed by atoms with van der Waals surface area (Å²) in [6.45, 7) is 12.1. The molecule has 21 heteroatoms. The highest BCUT2D eigenvalue weighted by atomic mass is 16.8. The molecule has 0 radical (unpaired) electrons. The molecule has 0 aromatic heterocycles. The number of carbonyl (C=O) groups excluding carboxylic acids is 3. The molecule has 21 nitrogen and oxygen atoms in total. The van der Waals surface area contributed by atoms with Crippen LogP contribution in [-0.4, -0.2) is 189 Å². The number of hydrogen-bond acceptors (Lipinski definition) is 21. The average Bonchev–Trinajstić information content (AvgIpc) is 3.34. The van der Waals surface area contributed by atoms with Crippen LogP contribution >= 0.6 is 0 Å². The number of aliphatic hydroxyl groups excluding tert-OH is 7. The lowest BCUT2D eigenvalue weighted by molar-refractivity contribution is -0.398. The first-order chi connectivity index (χ1) is 33.8. The topological polar surface area (TPSA) is 294 Å². The lowest BCUT2D eigenvalue weighted by Gasteiger charge is -2.50. The standard InChI is InChI=1S/C50H82O21/c1-9-12-18-21-30-22-19-16-14-13-15-17-20-23-32(52)66-43-40(69-47-38(58)37(57)39(28(7)62-47)67-45(59)25(4)10-2)29(8)63-50(44(43)68-46(60)26(5)11-3)71-42-36(56)34(54)31(24-51)65-49(42)70-41-35(55)33(53)27(6)61-48(41)64-30/h10-11,27-31,33-44,47-51,53-58H,9,12-24H2,1-8H3. The van der Waals surface area contributed by atoms with Crippen molar-refractivity contribution in [3.63, 3.8) is 0 Å². The smallest absolute Gasteiger partial charge is 0.333 e. The number of aliphatic hydroxyl groups is 7. The zero-order chi connectivity index (χ0) is 52.1. The molecule has 0 aromatic carbocycles. The van der Waals surface area contributed by atoms with E-state index in [0.717, 1.165) is 51.4 Å². The summed E-state index contributed by atoms with van der Waals surface area (Å²) in [5.74, 6) is -2.36. The van der Waals surface area contributed by atoms with E-state index in [0.29, 0.717) is 25.7 Å². The number of hydrogen-bond donors (Lipinski definition) is 7. The van der Waals surface area contributed by atoms with Crippen LogP contribution in [0.3, 0.4) is 0 Å².